The van der Waals surface area contributed by atoms with E-state index in [1.807, 2.05) is 24.4 Å². The monoisotopic (exact) mass is 993 g/mol. The summed E-state index contributed by atoms with van der Waals surface area (Å²) < 4.78 is 13.3. The second-order valence-electron chi connectivity index (χ2n) is 19.5. The zero-order valence-corrected chi connectivity index (χ0v) is 39.9. The Morgan fingerprint density at radius 3 is 1.95 bits per heavy atom. The molecule has 0 aliphatic carbocycles. The van der Waals surface area contributed by atoms with E-state index in [1.54, 1.807) is 0 Å². The minimum absolute atomic E-state index is 0. The van der Waals surface area contributed by atoms with Crippen molar-refractivity contribution < 1.29 is 30.4 Å². The normalized spacial score (nSPS) is 12.3. The summed E-state index contributed by atoms with van der Waals surface area (Å²) in [5, 5.41) is 2.23. The molecule has 6 aromatic carbocycles. The minimum Gasteiger partial charge on any atom is -0.510 e. The predicted molar refractivity (Wildman–Crippen MR) is 251 cm³/mol. The number of imidazole rings is 1. The number of aryl methyl sites for hydroxylation is 2. The van der Waals surface area contributed by atoms with Crippen molar-refractivity contribution in [3.63, 3.8) is 0 Å². The molecule has 0 amide bonds. The van der Waals surface area contributed by atoms with Gasteiger partial charge in [0.05, 0.1) is 16.7 Å². The van der Waals surface area contributed by atoms with Gasteiger partial charge >= 0.3 is 0 Å². The number of ether oxygens (including phenoxy) is 1. The first kappa shape index (κ1) is 42.9. The molecule has 0 aliphatic rings. The summed E-state index contributed by atoms with van der Waals surface area (Å²) in [5.74, 6) is 2.04. The van der Waals surface area contributed by atoms with Gasteiger partial charge in [-0.15, -0.1) is 29.7 Å². The SMILES string of the molecule is Cc1cccc(C)c1-c1ccc2c(c1)[n+](-c1c(C(C)(C)C)cccc1C(C)(C)C)[c-]n2-c1[c-]c(Oc2[c-]c3c(cc2)c2ccccc2n3-c2cc(C(C)(C)C)ccn2)ccc1.[Pt]. The second-order valence-corrected chi connectivity index (χ2v) is 19.5. The summed E-state index contributed by atoms with van der Waals surface area (Å²) in [4.78, 5) is 4.86. The van der Waals surface area contributed by atoms with Crippen LogP contribution in [0.2, 0.25) is 0 Å². The zero-order valence-electron chi connectivity index (χ0n) is 37.6. The molecule has 0 unspecified atom stereocenters. The first-order valence-corrected chi connectivity index (χ1v) is 21.3. The average molecular weight is 994 g/mol. The van der Waals surface area contributed by atoms with Crippen molar-refractivity contribution in [2.45, 2.75) is 92.4 Å². The third-order valence-electron chi connectivity index (χ3n) is 11.9. The third kappa shape index (κ3) is 7.70. The number of aromatic nitrogens is 4. The molecule has 0 radical (unpaired) electrons. The largest absolute Gasteiger partial charge is 0.510 e. The maximum atomic E-state index is 6.67. The van der Waals surface area contributed by atoms with E-state index in [2.05, 4.69) is 211 Å². The number of pyridine rings is 1. The van der Waals surface area contributed by atoms with E-state index in [9.17, 15) is 0 Å². The summed E-state index contributed by atoms with van der Waals surface area (Å²) in [6.45, 7) is 24.8. The van der Waals surface area contributed by atoms with Crippen molar-refractivity contribution in [1.82, 2.24) is 14.1 Å². The fourth-order valence-electron chi connectivity index (χ4n) is 8.80. The molecule has 0 atom stereocenters. The molecule has 62 heavy (non-hydrogen) atoms. The number of fused-ring (bicyclic) bond motifs is 4. The Kier molecular flexibility index (Phi) is 11.0. The van der Waals surface area contributed by atoms with Crippen molar-refractivity contribution in [2.24, 2.45) is 0 Å². The standard InChI is InChI=1S/C56H54N4O.Pt/c1-36-17-14-18-37(2)52(36)38-25-28-48-50(31-38)59(53-45(55(6,7)8)22-16-23-46(53)56(9,10)11)35-58(48)40-19-15-20-41(33-40)61-42-26-27-44-43-21-12-13-24-47(43)60(49(44)34-42)51-32-39(29-30-57-51)54(3,4)5;/h12-32H,1-11H3;/q-2;. The van der Waals surface area contributed by atoms with Crippen LogP contribution in [0.1, 0.15) is 90.1 Å². The molecule has 3 heterocycles. The van der Waals surface area contributed by atoms with E-state index in [0.717, 1.165) is 50.0 Å². The fraction of sp³-hybridized carbons (Fsp3) is 0.250. The van der Waals surface area contributed by atoms with Crippen LogP contribution in [-0.2, 0) is 37.3 Å². The third-order valence-corrected chi connectivity index (χ3v) is 11.9. The molecule has 0 saturated heterocycles. The summed E-state index contributed by atoms with van der Waals surface area (Å²) in [6.07, 6.45) is 5.76. The topological polar surface area (TPSA) is 35.9 Å². The number of hydrogen-bond acceptors (Lipinski definition) is 2. The average Bonchev–Trinajstić information content (AvgIpc) is 3.75. The predicted octanol–water partition coefficient (Wildman–Crippen LogP) is 13.8. The van der Waals surface area contributed by atoms with Crippen LogP contribution in [-0.4, -0.2) is 14.1 Å². The number of rotatable bonds is 6. The summed E-state index contributed by atoms with van der Waals surface area (Å²) in [5.41, 5.74) is 14.5. The van der Waals surface area contributed by atoms with E-state index in [4.69, 9.17) is 9.72 Å². The van der Waals surface area contributed by atoms with E-state index < -0.39 is 0 Å². The van der Waals surface area contributed by atoms with Crippen LogP contribution in [0.15, 0.2) is 128 Å². The molecular weight excluding hydrogens is 940 g/mol. The van der Waals surface area contributed by atoms with Crippen LogP contribution in [0.25, 0.3) is 61.2 Å². The number of para-hydroxylation sites is 2. The maximum absolute atomic E-state index is 6.67. The quantitative estimate of drug-likeness (QED) is 0.123. The van der Waals surface area contributed by atoms with Crippen LogP contribution in [0.3, 0.4) is 0 Å². The van der Waals surface area contributed by atoms with Gasteiger partial charge in [-0.05, 0) is 104 Å². The molecule has 9 aromatic rings. The Bertz CT molecular complexity index is 3090. The molecule has 0 fully saturated rings. The molecule has 9 rings (SSSR count). The Morgan fingerprint density at radius 1 is 0.597 bits per heavy atom. The molecule has 0 N–H and O–H groups in total. The Morgan fingerprint density at radius 2 is 1.26 bits per heavy atom. The molecule has 6 heteroatoms. The Hall–Kier alpha value is -5.77. The van der Waals surface area contributed by atoms with Gasteiger partial charge in [-0.2, -0.15) is 18.2 Å². The first-order valence-electron chi connectivity index (χ1n) is 21.3. The number of nitrogens with zero attached hydrogens (tertiary/aromatic N) is 4. The molecule has 316 valence electrons. The van der Waals surface area contributed by atoms with Crippen LogP contribution in [0, 0.1) is 32.3 Å². The molecule has 0 aliphatic heterocycles. The minimum atomic E-state index is -0.120. The fourth-order valence-corrected chi connectivity index (χ4v) is 8.80. The maximum Gasteiger partial charge on any atom is 0.268 e. The van der Waals surface area contributed by atoms with Crippen LogP contribution >= 0.6 is 0 Å². The van der Waals surface area contributed by atoms with Gasteiger partial charge in [-0.3, -0.25) is 4.57 Å². The van der Waals surface area contributed by atoms with Crippen molar-refractivity contribution >= 4 is 32.8 Å². The molecule has 0 bridgehead atoms. The van der Waals surface area contributed by atoms with Crippen molar-refractivity contribution in [3.8, 4) is 39.8 Å². The van der Waals surface area contributed by atoms with Gasteiger partial charge in [0, 0.05) is 44.3 Å². The van der Waals surface area contributed by atoms with Crippen LogP contribution in [0.5, 0.6) is 11.5 Å². The van der Waals surface area contributed by atoms with Crippen LogP contribution in [0.4, 0.5) is 0 Å². The molecule has 0 saturated carbocycles. The van der Waals surface area contributed by atoms with Crippen LogP contribution < -0.4 is 9.30 Å². The molecule has 0 spiro atoms. The van der Waals surface area contributed by atoms with Gasteiger partial charge in [-0.25, -0.2) is 4.98 Å². The van der Waals surface area contributed by atoms with Crippen molar-refractivity contribution in [2.75, 3.05) is 0 Å². The molecule has 3 aromatic heterocycles. The van der Waals surface area contributed by atoms with E-state index in [-0.39, 0.29) is 37.3 Å². The number of hydrogen-bond donors (Lipinski definition) is 0. The van der Waals surface area contributed by atoms with Gasteiger partial charge in [0.15, 0.2) is 0 Å². The molecular formula is C56H54N4OPt-2. The van der Waals surface area contributed by atoms with Gasteiger partial charge in [0.2, 0.25) is 0 Å². The Balaban J connectivity index is 0.00000529. The van der Waals surface area contributed by atoms with E-state index >= 15 is 0 Å². The Labute approximate surface area is 381 Å². The smallest absolute Gasteiger partial charge is 0.268 e. The summed E-state index contributed by atoms with van der Waals surface area (Å²) in [7, 11) is 0. The zero-order chi connectivity index (χ0) is 43.0. The van der Waals surface area contributed by atoms with E-state index in [0.29, 0.717) is 11.5 Å². The van der Waals surface area contributed by atoms with Gasteiger partial charge in [0.1, 0.15) is 5.82 Å². The second kappa shape index (κ2) is 15.8. The summed E-state index contributed by atoms with van der Waals surface area (Å²) in [6, 6.07) is 50.3. The van der Waals surface area contributed by atoms with Gasteiger partial charge in [-0.1, -0.05) is 135 Å². The molecule has 5 nitrogen and oxygen atoms in total. The van der Waals surface area contributed by atoms with Gasteiger partial charge < -0.3 is 13.9 Å². The van der Waals surface area contributed by atoms with Crippen molar-refractivity contribution in [1.29, 1.82) is 0 Å². The number of benzene rings is 6. The van der Waals surface area contributed by atoms with E-state index in [1.165, 1.54) is 38.9 Å². The van der Waals surface area contributed by atoms with Crippen molar-refractivity contribution in [3.05, 3.63) is 174 Å². The summed E-state index contributed by atoms with van der Waals surface area (Å²) >= 11 is 0. The first-order chi connectivity index (χ1) is 29.0. The van der Waals surface area contributed by atoms with Gasteiger partial charge in [0.25, 0.3) is 6.33 Å².